The van der Waals surface area contributed by atoms with Gasteiger partial charge in [0.15, 0.2) is 17.6 Å². The summed E-state index contributed by atoms with van der Waals surface area (Å²) in [7, 11) is 4.23. The van der Waals surface area contributed by atoms with Crippen molar-refractivity contribution < 1.29 is 43.8 Å². The van der Waals surface area contributed by atoms with Crippen LogP contribution in [0.3, 0.4) is 0 Å². The van der Waals surface area contributed by atoms with Crippen LogP contribution in [0.5, 0.6) is 17.2 Å². The molecule has 0 aliphatic carbocycles. The lowest BCUT2D eigenvalue weighted by Gasteiger charge is -2.44. The molecule has 1 fully saturated rings. The van der Waals surface area contributed by atoms with Crippen LogP contribution in [-0.2, 0) is 9.47 Å². The molecule has 0 bridgehead atoms. The minimum absolute atomic E-state index is 0.135. The Labute approximate surface area is 143 Å². The Hall–Kier alpha value is -2.07. The third-order valence-electron chi connectivity index (χ3n) is 4.48. The number of benzene rings is 1. The van der Waals surface area contributed by atoms with E-state index in [0.717, 1.165) is 0 Å². The second kappa shape index (κ2) is 6.68. The topological polar surface area (TPSA) is 124 Å². The van der Waals surface area contributed by atoms with Gasteiger partial charge in [0, 0.05) is 5.56 Å². The van der Waals surface area contributed by atoms with Crippen molar-refractivity contribution in [3.63, 3.8) is 0 Å². The van der Waals surface area contributed by atoms with Gasteiger partial charge in [-0.3, -0.25) is 0 Å². The van der Waals surface area contributed by atoms with E-state index in [2.05, 4.69) is 0 Å². The van der Waals surface area contributed by atoms with Gasteiger partial charge in [-0.2, -0.15) is 0 Å². The van der Waals surface area contributed by atoms with Gasteiger partial charge < -0.3 is 39.0 Å². The van der Waals surface area contributed by atoms with Gasteiger partial charge in [-0.25, -0.2) is 4.79 Å². The van der Waals surface area contributed by atoms with E-state index in [1.54, 1.807) is 0 Å². The number of rotatable bonds is 4. The lowest BCUT2D eigenvalue weighted by molar-refractivity contribution is -0.235. The Kier molecular flexibility index (Phi) is 4.74. The molecular formula is C16H20O9. The predicted molar refractivity (Wildman–Crippen MR) is 82.0 cm³/mol. The van der Waals surface area contributed by atoms with Crippen LogP contribution in [0.25, 0.3) is 0 Å². The molecule has 3 rings (SSSR count). The molecule has 0 radical (unpaired) electrons. The summed E-state index contributed by atoms with van der Waals surface area (Å²) in [4.78, 5) is 12.4. The highest BCUT2D eigenvalue weighted by Gasteiger charge is 2.52. The van der Waals surface area contributed by atoms with Gasteiger partial charge in [0.1, 0.15) is 24.4 Å². The third-order valence-corrected chi connectivity index (χ3v) is 4.48. The SMILES string of the molecule is COc1cc2c(c(OC)c1OC)[C@H]1O[C@H](CO)[C@@H](O)[C@H](O)[C@H]1OC2=O. The molecule has 0 amide bonds. The number of aliphatic hydroxyl groups excluding tert-OH is 3. The number of methoxy groups -OCH3 is 3. The third kappa shape index (κ3) is 2.60. The number of esters is 1. The molecule has 0 spiro atoms. The first-order valence-electron chi connectivity index (χ1n) is 7.64. The zero-order valence-corrected chi connectivity index (χ0v) is 14.0. The van der Waals surface area contributed by atoms with Crippen molar-refractivity contribution >= 4 is 5.97 Å². The average Bonchev–Trinajstić information content (AvgIpc) is 2.63. The summed E-state index contributed by atoms with van der Waals surface area (Å²) < 4.78 is 26.9. The zero-order chi connectivity index (χ0) is 18.3. The van der Waals surface area contributed by atoms with Crippen molar-refractivity contribution in [2.45, 2.75) is 30.5 Å². The molecule has 25 heavy (non-hydrogen) atoms. The molecule has 9 nitrogen and oxygen atoms in total. The Morgan fingerprint density at radius 3 is 2.32 bits per heavy atom. The lowest BCUT2D eigenvalue weighted by atomic mass is 9.86. The monoisotopic (exact) mass is 356 g/mol. The van der Waals surface area contributed by atoms with Crippen molar-refractivity contribution in [1.29, 1.82) is 0 Å². The van der Waals surface area contributed by atoms with E-state index in [-0.39, 0.29) is 22.8 Å². The van der Waals surface area contributed by atoms with Crippen LogP contribution >= 0.6 is 0 Å². The van der Waals surface area contributed by atoms with E-state index in [1.165, 1.54) is 27.4 Å². The standard InChI is InChI=1S/C16H20O9/c1-21-7-4-6-9(13(23-3)12(7)22-2)14-15(25-16(6)20)11(19)10(18)8(5-17)24-14/h4,8,10-11,14-15,17-19H,5H2,1-3H3/t8-,10-,11+,14-,15-/m1/s1. The van der Waals surface area contributed by atoms with Crippen LogP contribution in [0.1, 0.15) is 22.0 Å². The Bertz CT molecular complexity index is 674. The number of fused-ring (bicyclic) bond motifs is 3. The van der Waals surface area contributed by atoms with Crippen LogP contribution in [0.2, 0.25) is 0 Å². The van der Waals surface area contributed by atoms with E-state index in [4.69, 9.17) is 23.7 Å². The second-order valence-corrected chi connectivity index (χ2v) is 5.74. The van der Waals surface area contributed by atoms with E-state index in [1.807, 2.05) is 0 Å². The number of carbonyl (C=O) groups excluding carboxylic acids is 1. The fraction of sp³-hybridized carbons (Fsp3) is 0.562. The summed E-state index contributed by atoms with van der Waals surface area (Å²) in [5.74, 6) is 0.00198. The van der Waals surface area contributed by atoms with Gasteiger partial charge in [0.05, 0.1) is 33.5 Å². The fourth-order valence-corrected chi connectivity index (χ4v) is 3.27. The molecule has 138 valence electrons. The summed E-state index contributed by atoms with van der Waals surface area (Å²) in [6, 6.07) is 1.43. The quantitative estimate of drug-likeness (QED) is 0.607. The average molecular weight is 356 g/mol. The Morgan fingerprint density at radius 2 is 1.76 bits per heavy atom. The Morgan fingerprint density at radius 1 is 1.08 bits per heavy atom. The van der Waals surface area contributed by atoms with Gasteiger partial charge >= 0.3 is 5.97 Å². The highest BCUT2D eigenvalue weighted by Crippen LogP contribution is 2.50. The van der Waals surface area contributed by atoms with Crippen molar-refractivity contribution in [3.05, 3.63) is 17.2 Å². The smallest absolute Gasteiger partial charge is 0.339 e. The molecule has 1 aromatic carbocycles. The molecule has 2 aliphatic heterocycles. The fourth-order valence-electron chi connectivity index (χ4n) is 3.27. The highest BCUT2D eigenvalue weighted by atomic mass is 16.6. The van der Waals surface area contributed by atoms with Crippen LogP contribution in [-0.4, -0.2) is 73.6 Å². The summed E-state index contributed by atoms with van der Waals surface area (Å²) in [5, 5.41) is 29.7. The molecule has 1 saturated heterocycles. The summed E-state index contributed by atoms with van der Waals surface area (Å²) >= 11 is 0. The van der Waals surface area contributed by atoms with Crippen LogP contribution in [0.4, 0.5) is 0 Å². The molecule has 9 heteroatoms. The first-order chi connectivity index (χ1) is 12.0. The number of aliphatic hydroxyl groups is 3. The molecule has 3 N–H and O–H groups in total. The van der Waals surface area contributed by atoms with Crippen LogP contribution in [0, 0.1) is 0 Å². The van der Waals surface area contributed by atoms with E-state index in [9.17, 15) is 20.1 Å². The van der Waals surface area contributed by atoms with Crippen LogP contribution < -0.4 is 14.2 Å². The van der Waals surface area contributed by atoms with E-state index in [0.29, 0.717) is 5.56 Å². The van der Waals surface area contributed by atoms with E-state index >= 15 is 0 Å². The molecule has 2 aliphatic rings. The van der Waals surface area contributed by atoms with Crippen molar-refractivity contribution in [3.8, 4) is 17.2 Å². The molecule has 5 atom stereocenters. The number of hydrogen-bond donors (Lipinski definition) is 3. The van der Waals surface area contributed by atoms with Gasteiger partial charge in [-0.15, -0.1) is 0 Å². The molecule has 0 unspecified atom stereocenters. The first-order valence-corrected chi connectivity index (χ1v) is 7.64. The molecular weight excluding hydrogens is 336 g/mol. The Balaban J connectivity index is 2.20. The van der Waals surface area contributed by atoms with Gasteiger partial charge in [0.2, 0.25) is 5.75 Å². The summed E-state index contributed by atoms with van der Waals surface area (Å²) in [6.45, 7) is -0.514. The predicted octanol–water partition coefficient (Wildman–Crippen LogP) is -0.595. The molecule has 0 aromatic heterocycles. The van der Waals surface area contributed by atoms with Gasteiger partial charge in [0.25, 0.3) is 0 Å². The minimum Gasteiger partial charge on any atom is -0.493 e. The number of hydrogen-bond acceptors (Lipinski definition) is 9. The van der Waals surface area contributed by atoms with Gasteiger partial charge in [-0.05, 0) is 6.07 Å². The lowest BCUT2D eigenvalue weighted by Crippen LogP contribution is -2.58. The number of carbonyl (C=O) groups is 1. The molecule has 1 aromatic rings. The van der Waals surface area contributed by atoms with Crippen LogP contribution in [0.15, 0.2) is 6.07 Å². The second-order valence-electron chi connectivity index (χ2n) is 5.74. The maximum Gasteiger partial charge on any atom is 0.339 e. The zero-order valence-electron chi connectivity index (χ0n) is 14.0. The van der Waals surface area contributed by atoms with Gasteiger partial charge in [-0.1, -0.05) is 0 Å². The first kappa shape index (κ1) is 17.7. The van der Waals surface area contributed by atoms with E-state index < -0.39 is 43.1 Å². The maximum atomic E-state index is 12.4. The molecule has 2 heterocycles. The number of ether oxygens (including phenoxy) is 5. The summed E-state index contributed by atoms with van der Waals surface area (Å²) in [6.07, 6.45) is -5.96. The summed E-state index contributed by atoms with van der Waals surface area (Å²) in [5.41, 5.74) is 0.446. The normalized spacial score (nSPS) is 30.8. The van der Waals surface area contributed by atoms with Crippen molar-refractivity contribution in [1.82, 2.24) is 0 Å². The largest absolute Gasteiger partial charge is 0.493 e. The minimum atomic E-state index is -1.43. The maximum absolute atomic E-state index is 12.4. The van der Waals surface area contributed by atoms with Crippen molar-refractivity contribution in [2.75, 3.05) is 27.9 Å². The highest BCUT2D eigenvalue weighted by molar-refractivity contribution is 5.95. The van der Waals surface area contributed by atoms with Crippen molar-refractivity contribution in [2.24, 2.45) is 0 Å². The molecule has 0 saturated carbocycles.